The van der Waals surface area contributed by atoms with Gasteiger partial charge in [0, 0.05) is 29.9 Å². The van der Waals surface area contributed by atoms with Gasteiger partial charge in [-0.2, -0.15) is 0 Å². The lowest BCUT2D eigenvalue weighted by Gasteiger charge is -2.41. The Morgan fingerprint density at radius 3 is 2.11 bits per heavy atom. The molecule has 1 N–H and O–H groups in total. The second-order valence-electron chi connectivity index (χ2n) is 13.8. The van der Waals surface area contributed by atoms with E-state index in [0.29, 0.717) is 24.2 Å². The molecule has 0 radical (unpaired) electrons. The Hall–Kier alpha value is -4.27. The number of aromatic nitrogens is 1. The molecule has 1 fully saturated rings. The van der Waals surface area contributed by atoms with E-state index in [0.717, 1.165) is 28.1 Å². The molecule has 2 atom stereocenters. The highest BCUT2D eigenvalue weighted by Gasteiger charge is 2.39. The first-order chi connectivity index (χ1) is 22.2. The quantitative estimate of drug-likeness (QED) is 0.185. The molecule has 1 aromatic heterocycles. The summed E-state index contributed by atoms with van der Waals surface area (Å²) in [5.74, 6) is -1.96. The maximum absolute atomic E-state index is 14.4. The van der Waals surface area contributed by atoms with Crippen LogP contribution in [-0.4, -0.2) is 40.0 Å². The first-order valence-electron chi connectivity index (χ1n) is 16.2. The first-order valence-corrected chi connectivity index (χ1v) is 16.2. The van der Waals surface area contributed by atoms with Gasteiger partial charge >= 0.3 is 5.97 Å². The summed E-state index contributed by atoms with van der Waals surface area (Å²) in [6.45, 7) is 13.7. The zero-order valence-electron chi connectivity index (χ0n) is 28.3. The number of amides is 1. The van der Waals surface area contributed by atoms with Crippen molar-refractivity contribution in [3.05, 3.63) is 102 Å². The molecule has 8 heteroatoms. The number of rotatable bonds is 9. The second kappa shape index (κ2) is 13.8. The van der Waals surface area contributed by atoms with Gasteiger partial charge in [0.05, 0.1) is 29.9 Å². The Morgan fingerprint density at radius 1 is 0.915 bits per heavy atom. The smallest absolute Gasteiger partial charge is 0.308 e. The highest BCUT2D eigenvalue weighted by atomic mass is 19.1. The molecule has 1 amide bonds. The predicted molar refractivity (Wildman–Crippen MR) is 183 cm³/mol. The number of benzene rings is 3. The fourth-order valence-electron chi connectivity index (χ4n) is 6.40. The summed E-state index contributed by atoms with van der Waals surface area (Å²) in [5.41, 5.74) is 4.62. The molecule has 0 unspecified atom stereocenters. The van der Waals surface area contributed by atoms with Crippen molar-refractivity contribution in [3.63, 3.8) is 0 Å². The molecule has 3 aromatic carbocycles. The van der Waals surface area contributed by atoms with Crippen LogP contribution in [0.5, 0.6) is 0 Å². The molecule has 5 rings (SSSR count). The molecule has 1 aliphatic heterocycles. The van der Waals surface area contributed by atoms with Gasteiger partial charge in [0.25, 0.3) is 5.91 Å². The summed E-state index contributed by atoms with van der Waals surface area (Å²) in [7, 11) is 0. The third kappa shape index (κ3) is 8.37. The topological polar surface area (TPSA) is 78.8 Å². The summed E-state index contributed by atoms with van der Waals surface area (Å²) >= 11 is 0. The van der Waals surface area contributed by atoms with E-state index in [2.05, 4.69) is 23.7 Å². The first kappa shape index (κ1) is 34.1. The molecule has 0 bridgehead atoms. The number of nitrogens with zero attached hydrogens (tertiary/aromatic N) is 1. The Morgan fingerprint density at radius 2 is 1.51 bits per heavy atom. The molecule has 0 aliphatic carbocycles. The molecule has 47 heavy (non-hydrogen) atoms. The average molecular weight is 641 g/mol. The van der Waals surface area contributed by atoms with Crippen molar-refractivity contribution in [2.45, 2.75) is 97.4 Å². The zero-order valence-corrected chi connectivity index (χ0v) is 28.3. The van der Waals surface area contributed by atoms with Gasteiger partial charge in [-0.3, -0.25) is 9.59 Å². The van der Waals surface area contributed by atoms with Gasteiger partial charge in [-0.1, -0.05) is 62.4 Å². The zero-order chi connectivity index (χ0) is 33.9. The minimum atomic E-state index is -0.966. The van der Waals surface area contributed by atoms with Crippen LogP contribution in [0, 0.1) is 5.82 Å². The van der Waals surface area contributed by atoms with E-state index in [1.54, 1.807) is 12.1 Å². The number of nitrogens with one attached hydrogen (secondary N) is 1. The van der Waals surface area contributed by atoms with E-state index in [4.69, 9.17) is 14.2 Å². The van der Waals surface area contributed by atoms with Crippen LogP contribution < -0.4 is 5.32 Å². The maximum atomic E-state index is 14.4. The van der Waals surface area contributed by atoms with E-state index >= 15 is 0 Å². The minimum absolute atomic E-state index is 0.0754. The van der Waals surface area contributed by atoms with Gasteiger partial charge in [-0.05, 0) is 88.1 Å². The van der Waals surface area contributed by atoms with Crippen molar-refractivity contribution >= 4 is 17.6 Å². The number of ether oxygens (including phenoxy) is 3. The Balaban J connectivity index is 1.66. The number of hydrogen-bond acceptors (Lipinski definition) is 5. The van der Waals surface area contributed by atoms with E-state index in [1.807, 2.05) is 95.3 Å². The van der Waals surface area contributed by atoms with Gasteiger partial charge in [0.2, 0.25) is 0 Å². The van der Waals surface area contributed by atoms with Gasteiger partial charge in [-0.15, -0.1) is 0 Å². The van der Waals surface area contributed by atoms with Gasteiger partial charge in [0.15, 0.2) is 5.79 Å². The average Bonchev–Trinajstić information content (AvgIpc) is 3.31. The molecule has 0 saturated carbocycles. The number of carbonyl (C=O) groups excluding carboxylic acids is 2. The standard InChI is InChI=1S/C39H45FN2O5/c1-25(2)35-34(37(44)41-29-16-12-9-13-17-29)33(26-14-10-8-11-15-26)36(27-18-20-28(40)21-19-27)42(35)24-31-22-30(45-39(6,7)46-31)23-32(43)47-38(3,4)5/h8-21,25,30-31H,22-24H2,1-7H3,(H,41,44)/t30-,31+/m1/s1. The Kier molecular flexibility index (Phi) is 10.0. The lowest BCUT2D eigenvalue weighted by Crippen LogP contribution is -2.47. The number of esters is 1. The minimum Gasteiger partial charge on any atom is -0.460 e. The van der Waals surface area contributed by atoms with Crippen molar-refractivity contribution in [1.82, 2.24) is 4.57 Å². The van der Waals surface area contributed by atoms with Crippen LogP contribution in [0.15, 0.2) is 84.9 Å². The van der Waals surface area contributed by atoms with Crippen LogP contribution in [0.4, 0.5) is 10.1 Å². The van der Waals surface area contributed by atoms with Gasteiger partial charge < -0.3 is 24.1 Å². The van der Waals surface area contributed by atoms with E-state index in [1.165, 1.54) is 12.1 Å². The normalized spacial score (nSPS) is 17.8. The molecule has 1 aliphatic rings. The summed E-state index contributed by atoms with van der Waals surface area (Å²) in [6, 6.07) is 25.5. The monoisotopic (exact) mass is 640 g/mol. The van der Waals surface area contributed by atoms with Crippen molar-refractivity contribution in [3.8, 4) is 22.4 Å². The summed E-state index contributed by atoms with van der Waals surface area (Å²) in [5, 5.41) is 3.11. The van der Waals surface area contributed by atoms with Crippen LogP contribution in [0.1, 0.15) is 83.3 Å². The lowest BCUT2D eigenvalue weighted by atomic mass is 9.94. The maximum Gasteiger partial charge on any atom is 0.308 e. The van der Waals surface area contributed by atoms with E-state index in [-0.39, 0.29) is 36.1 Å². The highest BCUT2D eigenvalue weighted by Crippen LogP contribution is 2.43. The van der Waals surface area contributed by atoms with Crippen LogP contribution in [0.3, 0.4) is 0 Å². The van der Waals surface area contributed by atoms with Gasteiger partial charge in [0.1, 0.15) is 11.4 Å². The van der Waals surface area contributed by atoms with E-state index in [9.17, 15) is 14.0 Å². The van der Waals surface area contributed by atoms with Gasteiger partial charge in [-0.25, -0.2) is 4.39 Å². The molecular weight excluding hydrogens is 595 g/mol. The molecule has 1 saturated heterocycles. The SMILES string of the molecule is CC(C)c1c(C(=O)Nc2ccccc2)c(-c2ccccc2)c(-c2ccc(F)cc2)n1C[C@@H]1C[C@H](CC(=O)OC(C)(C)C)OC(C)(C)O1. The van der Waals surface area contributed by atoms with Crippen molar-refractivity contribution in [1.29, 1.82) is 0 Å². The van der Waals surface area contributed by atoms with Crippen LogP contribution >= 0.6 is 0 Å². The number of hydrogen-bond donors (Lipinski definition) is 1. The van der Waals surface area contributed by atoms with Crippen molar-refractivity contribution < 1.29 is 28.2 Å². The van der Waals surface area contributed by atoms with Crippen LogP contribution in [0.2, 0.25) is 0 Å². The summed E-state index contributed by atoms with van der Waals surface area (Å²) in [4.78, 5) is 27.2. The largest absolute Gasteiger partial charge is 0.460 e. The number of halogens is 1. The number of carbonyl (C=O) groups is 2. The molecular formula is C39H45FN2O5. The fourth-order valence-corrected chi connectivity index (χ4v) is 6.40. The van der Waals surface area contributed by atoms with Crippen LogP contribution in [0.25, 0.3) is 22.4 Å². The Bertz CT molecular complexity index is 1690. The molecule has 248 valence electrons. The highest BCUT2D eigenvalue weighted by molar-refractivity contribution is 6.12. The fraction of sp³-hybridized carbons (Fsp3) is 0.385. The molecule has 0 spiro atoms. The summed E-state index contributed by atoms with van der Waals surface area (Å²) < 4.78 is 34.7. The third-order valence-electron chi connectivity index (χ3n) is 7.92. The lowest BCUT2D eigenvalue weighted by molar-refractivity contribution is -0.301. The molecule has 2 heterocycles. The van der Waals surface area contributed by atoms with Crippen molar-refractivity contribution in [2.24, 2.45) is 0 Å². The second-order valence-corrected chi connectivity index (χ2v) is 13.8. The predicted octanol–water partition coefficient (Wildman–Crippen LogP) is 8.98. The third-order valence-corrected chi connectivity index (χ3v) is 7.92. The molecule has 7 nitrogen and oxygen atoms in total. The van der Waals surface area contributed by atoms with Crippen LogP contribution in [-0.2, 0) is 25.5 Å². The number of anilines is 1. The number of para-hydroxylation sites is 1. The van der Waals surface area contributed by atoms with Crippen molar-refractivity contribution in [2.75, 3.05) is 5.32 Å². The summed E-state index contributed by atoms with van der Waals surface area (Å²) in [6.07, 6.45) is -0.272. The molecule has 4 aromatic rings. The Labute approximate surface area is 277 Å². The van der Waals surface area contributed by atoms with E-state index < -0.39 is 17.5 Å².